The number of carboxylic acid groups (broad SMARTS) is 1. The molecule has 6 heteroatoms. The van der Waals surface area contributed by atoms with Gasteiger partial charge in [0, 0.05) is 6.42 Å². The second kappa shape index (κ2) is 7.47. The number of hydrogen-bond donors (Lipinski definition) is 1. The van der Waals surface area contributed by atoms with Gasteiger partial charge in [-0.25, -0.2) is 14.0 Å². The molecule has 0 bridgehead atoms. The molecule has 0 aliphatic heterocycles. The van der Waals surface area contributed by atoms with Gasteiger partial charge in [0.25, 0.3) is 0 Å². The van der Waals surface area contributed by atoms with E-state index in [1.165, 1.54) is 38.1 Å². The van der Waals surface area contributed by atoms with E-state index in [4.69, 9.17) is 14.6 Å². The molecule has 0 amide bonds. The number of rotatable bonds is 7. The van der Waals surface area contributed by atoms with Gasteiger partial charge in [-0.1, -0.05) is 0 Å². The highest BCUT2D eigenvalue weighted by atomic mass is 19.1. The molecule has 0 saturated carbocycles. The van der Waals surface area contributed by atoms with Crippen molar-refractivity contribution in [2.45, 2.75) is 32.5 Å². The lowest BCUT2D eigenvalue weighted by molar-refractivity contribution is -0.144. The highest BCUT2D eigenvalue weighted by molar-refractivity contribution is 5.89. The van der Waals surface area contributed by atoms with Gasteiger partial charge in [0.15, 0.2) is 6.10 Å². The van der Waals surface area contributed by atoms with Gasteiger partial charge < -0.3 is 14.6 Å². The molecule has 1 aromatic rings. The number of ether oxygens (including phenoxy) is 2. The van der Waals surface area contributed by atoms with Crippen LogP contribution in [0.15, 0.2) is 24.3 Å². The smallest absolute Gasteiger partial charge is 0.344 e. The van der Waals surface area contributed by atoms with Gasteiger partial charge in [0.05, 0.1) is 12.2 Å². The first kappa shape index (κ1) is 15.9. The summed E-state index contributed by atoms with van der Waals surface area (Å²) >= 11 is 0. The number of halogens is 1. The van der Waals surface area contributed by atoms with Crippen LogP contribution in [-0.2, 0) is 9.53 Å². The summed E-state index contributed by atoms with van der Waals surface area (Å²) in [5.41, 5.74) is 0.298. The van der Waals surface area contributed by atoms with Crippen LogP contribution in [0.5, 0.6) is 5.75 Å². The van der Waals surface area contributed by atoms with Crippen molar-refractivity contribution in [3.63, 3.8) is 0 Å². The maximum atomic E-state index is 12.5. The Morgan fingerprint density at radius 2 is 1.85 bits per heavy atom. The zero-order valence-corrected chi connectivity index (χ0v) is 11.3. The molecule has 0 aliphatic carbocycles. The van der Waals surface area contributed by atoms with Gasteiger partial charge in [0.1, 0.15) is 11.9 Å². The summed E-state index contributed by atoms with van der Waals surface area (Å²) in [4.78, 5) is 22.2. The SMILES string of the molecule is CC(F)CCOC(=O)c1ccc(O[C@H](C)C(=O)O)cc1. The number of carboxylic acids is 1. The van der Waals surface area contributed by atoms with Crippen LogP contribution in [0.25, 0.3) is 0 Å². The molecule has 20 heavy (non-hydrogen) atoms. The number of carbonyl (C=O) groups is 2. The lowest BCUT2D eigenvalue weighted by atomic mass is 10.2. The molecule has 0 heterocycles. The Kier molecular flexibility index (Phi) is 5.96. The Balaban J connectivity index is 2.53. The fraction of sp³-hybridized carbons (Fsp3) is 0.429. The first-order chi connectivity index (χ1) is 9.40. The maximum absolute atomic E-state index is 12.5. The average Bonchev–Trinajstić information content (AvgIpc) is 2.38. The van der Waals surface area contributed by atoms with E-state index in [-0.39, 0.29) is 13.0 Å². The minimum absolute atomic E-state index is 0.0187. The molecule has 110 valence electrons. The first-order valence-corrected chi connectivity index (χ1v) is 6.21. The summed E-state index contributed by atoms with van der Waals surface area (Å²) in [5.74, 6) is -1.29. The van der Waals surface area contributed by atoms with Crippen molar-refractivity contribution >= 4 is 11.9 Å². The summed E-state index contributed by atoms with van der Waals surface area (Å²) < 4.78 is 22.5. The van der Waals surface area contributed by atoms with Crippen molar-refractivity contribution in [3.8, 4) is 5.75 Å². The third-order valence-electron chi connectivity index (χ3n) is 2.50. The Morgan fingerprint density at radius 1 is 1.25 bits per heavy atom. The average molecular weight is 284 g/mol. The second-order valence-electron chi connectivity index (χ2n) is 4.33. The summed E-state index contributed by atoms with van der Waals surface area (Å²) in [5, 5.41) is 8.70. The zero-order valence-electron chi connectivity index (χ0n) is 11.3. The van der Waals surface area contributed by atoms with Gasteiger partial charge in [0.2, 0.25) is 0 Å². The molecule has 5 nitrogen and oxygen atoms in total. The molecule has 0 spiro atoms. The fourth-order valence-corrected chi connectivity index (χ4v) is 1.32. The molecule has 0 saturated heterocycles. The highest BCUT2D eigenvalue weighted by Gasteiger charge is 2.13. The minimum Gasteiger partial charge on any atom is -0.479 e. The fourth-order valence-electron chi connectivity index (χ4n) is 1.32. The molecule has 0 radical (unpaired) electrons. The van der Waals surface area contributed by atoms with Crippen LogP contribution in [-0.4, -0.2) is 35.9 Å². The highest BCUT2D eigenvalue weighted by Crippen LogP contribution is 2.15. The first-order valence-electron chi connectivity index (χ1n) is 6.21. The van der Waals surface area contributed by atoms with E-state index < -0.39 is 24.2 Å². The number of aliphatic carboxylic acids is 1. The van der Waals surface area contributed by atoms with Crippen LogP contribution in [0, 0.1) is 0 Å². The largest absolute Gasteiger partial charge is 0.479 e. The number of carbonyl (C=O) groups excluding carboxylic acids is 1. The molecular weight excluding hydrogens is 267 g/mol. The van der Waals surface area contributed by atoms with Gasteiger partial charge in [-0.2, -0.15) is 0 Å². The van der Waals surface area contributed by atoms with Crippen LogP contribution in [0.3, 0.4) is 0 Å². The third-order valence-corrected chi connectivity index (χ3v) is 2.50. The van der Waals surface area contributed by atoms with Crippen molar-refractivity contribution in [3.05, 3.63) is 29.8 Å². The van der Waals surface area contributed by atoms with Gasteiger partial charge in [-0.15, -0.1) is 0 Å². The minimum atomic E-state index is -1.08. The maximum Gasteiger partial charge on any atom is 0.344 e. The summed E-state index contributed by atoms with van der Waals surface area (Å²) in [6.45, 7) is 2.82. The normalized spacial score (nSPS) is 13.3. The van der Waals surface area contributed by atoms with E-state index in [0.717, 1.165) is 0 Å². The van der Waals surface area contributed by atoms with Crippen LogP contribution in [0.4, 0.5) is 4.39 Å². The lowest BCUT2D eigenvalue weighted by Gasteiger charge is -2.10. The Morgan fingerprint density at radius 3 is 2.35 bits per heavy atom. The van der Waals surface area contributed by atoms with E-state index in [9.17, 15) is 14.0 Å². The number of benzene rings is 1. The predicted octanol–water partition coefficient (Wildman–Crippen LogP) is 2.44. The molecule has 0 aliphatic rings. The molecule has 2 atom stereocenters. The lowest BCUT2D eigenvalue weighted by Crippen LogP contribution is -2.22. The summed E-state index contributed by atoms with van der Waals surface area (Å²) in [6.07, 6.45) is -1.83. The molecule has 0 aromatic heterocycles. The van der Waals surface area contributed by atoms with Crippen LogP contribution in [0.1, 0.15) is 30.6 Å². The standard InChI is InChI=1S/C14H17FO5/c1-9(15)7-8-19-14(18)11-3-5-12(6-4-11)20-10(2)13(16)17/h3-6,9-10H,7-8H2,1-2H3,(H,16,17)/t9?,10-/m1/s1. The van der Waals surface area contributed by atoms with Crippen molar-refractivity contribution in [1.29, 1.82) is 0 Å². The summed E-state index contributed by atoms with van der Waals surface area (Å²) in [7, 11) is 0. The zero-order chi connectivity index (χ0) is 15.1. The van der Waals surface area contributed by atoms with E-state index >= 15 is 0 Å². The molecule has 0 fully saturated rings. The Labute approximate surface area is 116 Å². The van der Waals surface area contributed by atoms with E-state index in [1.54, 1.807) is 0 Å². The van der Waals surface area contributed by atoms with Gasteiger partial charge in [-0.05, 0) is 38.1 Å². The number of hydrogen-bond acceptors (Lipinski definition) is 4. The third kappa shape index (κ3) is 5.26. The number of esters is 1. The quantitative estimate of drug-likeness (QED) is 0.778. The van der Waals surface area contributed by atoms with Crippen molar-refractivity contribution in [2.24, 2.45) is 0 Å². The van der Waals surface area contributed by atoms with Crippen LogP contribution in [0.2, 0.25) is 0 Å². The molecule has 1 rings (SSSR count). The predicted molar refractivity (Wildman–Crippen MR) is 69.6 cm³/mol. The molecule has 1 N–H and O–H groups in total. The molecule has 1 unspecified atom stereocenters. The topological polar surface area (TPSA) is 72.8 Å². The van der Waals surface area contributed by atoms with E-state index in [2.05, 4.69) is 0 Å². The van der Waals surface area contributed by atoms with Crippen LogP contribution < -0.4 is 4.74 Å². The number of alkyl halides is 1. The Hall–Kier alpha value is -2.11. The molecular formula is C14H17FO5. The second-order valence-corrected chi connectivity index (χ2v) is 4.33. The summed E-state index contributed by atoms with van der Waals surface area (Å²) in [6, 6.07) is 5.89. The van der Waals surface area contributed by atoms with Crippen molar-refractivity contribution in [2.75, 3.05) is 6.61 Å². The van der Waals surface area contributed by atoms with Crippen LogP contribution >= 0.6 is 0 Å². The van der Waals surface area contributed by atoms with E-state index in [1.807, 2.05) is 0 Å². The molecule has 1 aromatic carbocycles. The van der Waals surface area contributed by atoms with Crippen molar-refractivity contribution in [1.82, 2.24) is 0 Å². The van der Waals surface area contributed by atoms with Crippen molar-refractivity contribution < 1.29 is 28.6 Å². The Bertz CT molecular complexity index is 455. The monoisotopic (exact) mass is 284 g/mol. The van der Waals surface area contributed by atoms with E-state index in [0.29, 0.717) is 11.3 Å². The van der Waals surface area contributed by atoms with Gasteiger partial charge in [-0.3, -0.25) is 0 Å². The van der Waals surface area contributed by atoms with Gasteiger partial charge >= 0.3 is 11.9 Å².